The molecular weight excluding hydrogens is 577 g/mol. The molecule has 0 spiro atoms. The molecule has 0 unspecified atom stereocenters. The van der Waals surface area contributed by atoms with Gasteiger partial charge in [-0.25, -0.2) is 9.78 Å². The number of hydrogen-bond donors (Lipinski definition) is 1. The lowest BCUT2D eigenvalue weighted by atomic mass is 9.99. The molecule has 3 aromatic carbocycles. The summed E-state index contributed by atoms with van der Waals surface area (Å²) < 4.78 is 40.2. The van der Waals surface area contributed by atoms with Crippen LogP contribution in [0.5, 0.6) is 0 Å². The number of urea groups is 1. The molecule has 3 amide bonds. The minimum Gasteiger partial charge on any atom is -0.378 e. The molecule has 4 aromatic rings. The van der Waals surface area contributed by atoms with Crippen molar-refractivity contribution in [2.24, 2.45) is 4.99 Å². The first kappa shape index (κ1) is 29.9. The molecule has 1 saturated heterocycles. The fraction of sp³-hybridized carbons (Fsp3) is 0.226. The maximum Gasteiger partial charge on any atom is 0.416 e. The summed E-state index contributed by atoms with van der Waals surface area (Å²) in [6.45, 7) is 4.10. The number of halogens is 3. The van der Waals surface area contributed by atoms with Crippen molar-refractivity contribution in [1.29, 1.82) is 0 Å². The Kier molecular flexibility index (Phi) is 8.32. The van der Waals surface area contributed by atoms with E-state index in [2.05, 4.69) is 15.3 Å². The van der Waals surface area contributed by atoms with Gasteiger partial charge in [0.05, 0.1) is 29.0 Å². The molecule has 1 fully saturated rings. The van der Waals surface area contributed by atoms with E-state index in [0.717, 1.165) is 28.9 Å². The van der Waals surface area contributed by atoms with Gasteiger partial charge in [-0.15, -0.1) is 0 Å². The minimum absolute atomic E-state index is 0.144. The zero-order chi connectivity index (χ0) is 30.9. The second-order valence-electron chi connectivity index (χ2n) is 10.4. The van der Waals surface area contributed by atoms with Crippen molar-refractivity contribution in [1.82, 2.24) is 9.55 Å². The van der Waals surface area contributed by atoms with Gasteiger partial charge in [-0.2, -0.15) is 18.2 Å². The largest absolute Gasteiger partial charge is 0.416 e. The lowest BCUT2D eigenvalue weighted by molar-refractivity contribution is -0.137. The van der Waals surface area contributed by atoms with Crippen LogP contribution in [-0.2, 0) is 11.0 Å². The maximum atomic E-state index is 12.9. The van der Waals surface area contributed by atoms with Gasteiger partial charge in [-0.3, -0.25) is 9.69 Å². The number of anilines is 3. The molecule has 222 valence electrons. The van der Waals surface area contributed by atoms with Crippen molar-refractivity contribution < 1.29 is 22.8 Å². The molecular formula is C31H29F3N6O2S. The van der Waals surface area contributed by atoms with E-state index < -0.39 is 17.8 Å². The number of nitrogens with zero attached hydrogens (tertiary/aromatic N) is 5. The van der Waals surface area contributed by atoms with Crippen LogP contribution in [0.15, 0.2) is 84.2 Å². The van der Waals surface area contributed by atoms with E-state index in [9.17, 15) is 22.8 Å². The average molecular weight is 607 g/mol. The highest BCUT2D eigenvalue weighted by atomic mass is 32.2. The predicted molar refractivity (Wildman–Crippen MR) is 165 cm³/mol. The van der Waals surface area contributed by atoms with Gasteiger partial charge in [-0.05, 0) is 60.0 Å². The third kappa shape index (κ3) is 6.59. The van der Waals surface area contributed by atoms with E-state index in [4.69, 9.17) is 0 Å². The number of alkyl halides is 3. The Balaban J connectivity index is 1.30. The molecule has 1 aliphatic rings. The molecule has 0 atom stereocenters. The number of nitrogens with one attached hydrogen (secondary N) is 1. The summed E-state index contributed by atoms with van der Waals surface area (Å²) in [5.74, 6) is 0.192. The van der Waals surface area contributed by atoms with Crippen LogP contribution in [-0.4, -0.2) is 46.5 Å². The van der Waals surface area contributed by atoms with Gasteiger partial charge in [0, 0.05) is 42.9 Å². The van der Waals surface area contributed by atoms with Crippen molar-refractivity contribution in [3.05, 3.63) is 90.4 Å². The summed E-state index contributed by atoms with van der Waals surface area (Å²) in [5, 5.41) is 3.06. The van der Waals surface area contributed by atoms with Gasteiger partial charge in [-0.1, -0.05) is 43.8 Å². The molecule has 12 heteroatoms. The summed E-state index contributed by atoms with van der Waals surface area (Å²) in [6.07, 6.45) is -1.17. The summed E-state index contributed by atoms with van der Waals surface area (Å²) >= 11 is 1.21. The summed E-state index contributed by atoms with van der Waals surface area (Å²) in [4.78, 5) is 37.9. The van der Waals surface area contributed by atoms with Crippen LogP contribution in [0.2, 0.25) is 0 Å². The molecule has 5 rings (SSSR count). The first-order valence-corrected chi connectivity index (χ1v) is 14.4. The molecule has 43 heavy (non-hydrogen) atoms. The number of imidazole rings is 1. The lowest BCUT2D eigenvalue weighted by Gasteiger charge is -2.24. The zero-order valence-electron chi connectivity index (χ0n) is 23.9. The van der Waals surface area contributed by atoms with Gasteiger partial charge in [0.2, 0.25) is 5.91 Å². The molecule has 0 aliphatic carbocycles. The molecule has 1 N–H and O–H groups in total. The second kappa shape index (κ2) is 12.0. The standard InChI is InChI=1S/C31H29F3N6O2S/c1-19(2)25-14-13-24(38(3)4)15-27(25)40-28(41)17-43-30(40)37-29(42)36-22-9-5-20(6-10-22)26-16-39(18-35-26)23-11-7-21(8-12-23)31(32,33)34/h5-16,18-19H,17H2,1-4H3,(H,36,42). The van der Waals surface area contributed by atoms with Gasteiger partial charge in [0.15, 0.2) is 5.17 Å². The Hall–Kier alpha value is -4.58. The smallest absolute Gasteiger partial charge is 0.378 e. The quantitative estimate of drug-likeness (QED) is 0.247. The second-order valence-corrected chi connectivity index (χ2v) is 11.4. The number of benzene rings is 3. The first-order valence-electron chi connectivity index (χ1n) is 13.4. The van der Waals surface area contributed by atoms with Gasteiger partial charge >= 0.3 is 12.2 Å². The number of carbonyl (C=O) groups is 2. The topological polar surface area (TPSA) is 82.8 Å². The number of carbonyl (C=O) groups excluding carboxylic acids is 2. The molecule has 2 heterocycles. The van der Waals surface area contributed by atoms with E-state index in [-0.39, 0.29) is 17.6 Å². The van der Waals surface area contributed by atoms with Gasteiger partial charge in [0.25, 0.3) is 0 Å². The summed E-state index contributed by atoms with van der Waals surface area (Å²) in [7, 11) is 3.85. The lowest BCUT2D eigenvalue weighted by Crippen LogP contribution is -2.31. The Bertz CT molecular complexity index is 1680. The van der Waals surface area contributed by atoms with Crippen molar-refractivity contribution in [2.75, 3.05) is 35.0 Å². The van der Waals surface area contributed by atoms with Crippen molar-refractivity contribution >= 4 is 45.9 Å². The van der Waals surface area contributed by atoms with Crippen LogP contribution in [0.4, 0.5) is 35.0 Å². The normalized spacial score (nSPS) is 14.6. The predicted octanol–water partition coefficient (Wildman–Crippen LogP) is 7.42. The van der Waals surface area contributed by atoms with Gasteiger partial charge < -0.3 is 14.8 Å². The van der Waals surface area contributed by atoms with Crippen molar-refractivity contribution in [2.45, 2.75) is 25.9 Å². The van der Waals surface area contributed by atoms with Crippen LogP contribution in [0.25, 0.3) is 16.9 Å². The Morgan fingerprint density at radius 2 is 1.74 bits per heavy atom. The van der Waals surface area contributed by atoms with Crippen molar-refractivity contribution in [3.8, 4) is 16.9 Å². The Labute approximate surface area is 251 Å². The number of aliphatic imine (C=N–C) groups is 1. The maximum absolute atomic E-state index is 12.9. The van der Waals surface area contributed by atoms with Crippen LogP contribution >= 0.6 is 11.8 Å². The van der Waals surface area contributed by atoms with Crippen molar-refractivity contribution in [3.63, 3.8) is 0 Å². The van der Waals surface area contributed by atoms with E-state index in [1.54, 1.807) is 35.0 Å². The van der Waals surface area contributed by atoms with Crippen LogP contribution < -0.4 is 15.1 Å². The first-order chi connectivity index (χ1) is 20.4. The molecule has 8 nitrogen and oxygen atoms in total. The minimum atomic E-state index is -4.40. The molecule has 1 aromatic heterocycles. The van der Waals surface area contributed by atoms with Crippen LogP contribution in [0.1, 0.15) is 30.9 Å². The Morgan fingerprint density at radius 3 is 2.37 bits per heavy atom. The molecule has 0 bridgehead atoms. The fourth-order valence-corrected chi connectivity index (χ4v) is 5.43. The number of thioether (sulfide) groups is 1. The van der Waals surface area contributed by atoms with Crippen LogP contribution in [0.3, 0.4) is 0 Å². The number of amidine groups is 1. The van der Waals surface area contributed by atoms with E-state index in [1.165, 1.54) is 35.1 Å². The highest BCUT2D eigenvalue weighted by Gasteiger charge is 2.33. The summed E-state index contributed by atoms with van der Waals surface area (Å²) in [6, 6.07) is 17.1. The molecule has 0 radical (unpaired) electrons. The highest BCUT2D eigenvalue weighted by Crippen LogP contribution is 2.36. The van der Waals surface area contributed by atoms with Crippen LogP contribution in [0, 0.1) is 0 Å². The Morgan fingerprint density at radius 1 is 1.05 bits per heavy atom. The highest BCUT2D eigenvalue weighted by molar-refractivity contribution is 8.15. The van der Waals surface area contributed by atoms with E-state index >= 15 is 0 Å². The third-order valence-electron chi connectivity index (χ3n) is 6.86. The monoisotopic (exact) mass is 606 g/mol. The number of aromatic nitrogens is 2. The van der Waals surface area contributed by atoms with E-state index in [1.807, 2.05) is 51.0 Å². The third-order valence-corrected chi connectivity index (χ3v) is 7.79. The van der Waals surface area contributed by atoms with E-state index in [0.29, 0.717) is 27.9 Å². The number of amides is 3. The zero-order valence-corrected chi connectivity index (χ0v) is 24.7. The molecule has 0 saturated carbocycles. The van der Waals surface area contributed by atoms with Gasteiger partial charge in [0.1, 0.15) is 0 Å². The number of rotatable bonds is 6. The number of hydrogen-bond acceptors (Lipinski definition) is 5. The SMILES string of the molecule is CC(C)c1ccc(N(C)C)cc1N1C(=O)CSC1=NC(=O)Nc1ccc(-c2cn(-c3ccc(C(F)(F)F)cc3)cn2)cc1. The summed E-state index contributed by atoms with van der Waals surface area (Å²) in [5.41, 5.74) is 4.30. The average Bonchev–Trinajstić information content (AvgIpc) is 3.59. The molecule has 1 aliphatic heterocycles. The fourth-order valence-electron chi connectivity index (χ4n) is 4.57.